The average molecular weight is 198 g/mol. The van der Waals surface area contributed by atoms with E-state index in [4.69, 9.17) is 4.74 Å². The maximum atomic E-state index is 11.7. The van der Waals surface area contributed by atoms with E-state index >= 15 is 0 Å². The summed E-state index contributed by atoms with van der Waals surface area (Å²) in [7, 11) is 0. The fourth-order valence-corrected chi connectivity index (χ4v) is 0.960. The number of hydrogen-bond donors (Lipinski definition) is 0. The van der Waals surface area contributed by atoms with Crippen LogP contribution in [0.5, 0.6) is 5.75 Å². The van der Waals surface area contributed by atoms with Crippen molar-refractivity contribution in [3.63, 3.8) is 0 Å². The number of aryl methyl sites for hydroxylation is 2. The van der Waals surface area contributed by atoms with E-state index in [1.807, 2.05) is 45.9 Å². The lowest BCUT2D eigenvalue weighted by Gasteiger charge is -2.05. The zero-order chi connectivity index (χ0) is 11.0. The smallest absolute Gasteiger partial charge is 0.123 e. The first-order chi connectivity index (χ1) is 6.74. The molecule has 0 heterocycles. The van der Waals surface area contributed by atoms with Gasteiger partial charge in [0, 0.05) is 0 Å². The largest absolute Gasteiger partial charge is 0.491 e. The highest BCUT2D eigenvalue weighted by molar-refractivity contribution is 5.33. The van der Waals surface area contributed by atoms with E-state index in [2.05, 4.69) is 0 Å². The normalized spacial score (nSPS) is 8.93. The highest BCUT2D eigenvalue weighted by Crippen LogP contribution is 2.15. The first kappa shape index (κ1) is 12.9. The van der Waals surface area contributed by atoms with Crippen LogP contribution in [-0.4, -0.2) is 13.3 Å². The number of rotatable bonds is 3. The van der Waals surface area contributed by atoms with Crippen molar-refractivity contribution in [3.05, 3.63) is 29.3 Å². The molecule has 0 aliphatic heterocycles. The molecule has 1 rings (SSSR count). The zero-order valence-corrected chi connectivity index (χ0v) is 9.43. The van der Waals surface area contributed by atoms with Crippen LogP contribution in [-0.2, 0) is 0 Å². The van der Waals surface area contributed by atoms with Crippen LogP contribution in [0.25, 0.3) is 0 Å². The maximum absolute atomic E-state index is 11.7. The molecule has 0 atom stereocenters. The van der Waals surface area contributed by atoms with Gasteiger partial charge in [-0.3, -0.25) is 0 Å². The van der Waals surface area contributed by atoms with E-state index < -0.39 is 6.67 Å². The molecule has 80 valence electrons. The third-order valence-corrected chi connectivity index (χ3v) is 1.82. The fourth-order valence-electron chi connectivity index (χ4n) is 0.960. The molecule has 0 saturated carbocycles. The molecule has 14 heavy (non-hydrogen) atoms. The Morgan fingerprint density at radius 3 is 2.29 bits per heavy atom. The van der Waals surface area contributed by atoms with E-state index in [9.17, 15) is 4.39 Å². The van der Waals surface area contributed by atoms with Crippen LogP contribution in [0.3, 0.4) is 0 Å². The molecular formula is C12H19FO. The second kappa shape index (κ2) is 7.36. The molecule has 1 nitrogen and oxygen atoms in total. The van der Waals surface area contributed by atoms with Crippen LogP contribution in [0.1, 0.15) is 25.0 Å². The zero-order valence-electron chi connectivity index (χ0n) is 9.43. The minimum atomic E-state index is -0.438. The summed E-state index contributed by atoms with van der Waals surface area (Å²) in [5.41, 5.74) is 2.40. The third kappa shape index (κ3) is 4.26. The summed E-state index contributed by atoms with van der Waals surface area (Å²) >= 11 is 0. The quantitative estimate of drug-likeness (QED) is 0.720. The topological polar surface area (TPSA) is 9.23 Å². The van der Waals surface area contributed by atoms with Gasteiger partial charge >= 0.3 is 0 Å². The van der Waals surface area contributed by atoms with Crippen LogP contribution in [0, 0.1) is 13.8 Å². The van der Waals surface area contributed by atoms with Gasteiger partial charge in [0.25, 0.3) is 0 Å². The minimum absolute atomic E-state index is 0.141. The summed E-state index contributed by atoms with van der Waals surface area (Å²) in [6.07, 6.45) is 0. The van der Waals surface area contributed by atoms with Crippen LogP contribution in [0.2, 0.25) is 0 Å². The molecule has 0 fully saturated rings. The molecule has 1 aromatic carbocycles. The lowest BCUT2D eigenvalue weighted by atomic mass is 10.1. The summed E-state index contributed by atoms with van der Waals surface area (Å²) in [6, 6.07) is 5.76. The molecule has 0 radical (unpaired) electrons. The Morgan fingerprint density at radius 1 is 1.14 bits per heavy atom. The van der Waals surface area contributed by atoms with Gasteiger partial charge in [0.2, 0.25) is 0 Å². The summed E-state index contributed by atoms with van der Waals surface area (Å²) in [4.78, 5) is 0. The monoisotopic (exact) mass is 198 g/mol. The molecular weight excluding hydrogens is 179 g/mol. The second-order valence-electron chi connectivity index (χ2n) is 2.78. The molecule has 0 amide bonds. The van der Waals surface area contributed by atoms with E-state index in [0.29, 0.717) is 0 Å². The van der Waals surface area contributed by atoms with E-state index in [1.165, 1.54) is 11.1 Å². The van der Waals surface area contributed by atoms with Gasteiger partial charge in [-0.1, -0.05) is 19.9 Å². The molecule has 0 aromatic heterocycles. The molecule has 1 aromatic rings. The van der Waals surface area contributed by atoms with Crippen molar-refractivity contribution in [2.75, 3.05) is 13.3 Å². The Hall–Kier alpha value is -1.05. The Morgan fingerprint density at radius 2 is 1.79 bits per heavy atom. The van der Waals surface area contributed by atoms with Crippen LogP contribution < -0.4 is 4.74 Å². The summed E-state index contributed by atoms with van der Waals surface area (Å²) in [6.45, 7) is 7.75. The lowest BCUT2D eigenvalue weighted by Crippen LogP contribution is -1.98. The predicted molar refractivity (Wildman–Crippen MR) is 58.7 cm³/mol. The predicted octanol–water partition coefficient (Wildman–Crippen LogP) is 3.68. The minimum Gasteiger partial charge on any atom is -0.491 e. The van der Waals surface area contributed by atoms with Crippen LogP contribution in [0.4, 0.5) is 4.39 Å². The Labute approximate surface area is 85.9 Å². The molecule has 2 heteroatoms. The van der Waals surface area contributed by atoms with Crippen molar-refractivity contribution in [3.8, 4) is 5.75 Å². The fraction of sp³-hybridized carbons (Fsp3) is 0.500. The van der Waals surface area contributed by atoms with E-state index in [0.717, 1.165) is 5.75 Å². The van der Waals surface area contributed by atoms with Gasteiger partial charge in [-0.15, -0.1) is 0 Å². The summed E-state index contributed by atoms with van der Waals surface area (Å²) < 4.78 is 16.8. The van der Waals surface area contributed by atoms with Gasteiger partial charge in [-0.05, 0) is 37.1 Å². The molecule has 0 saturated heterocycles. The number of alkyl halides is 1. The molecule has 0 spiro atoms. The van der Waals surface area contributed by atoms with Gasteiger partial charge in [0.05, 0.1) is 0 Å². The SMILES string of the molecule is CC.Cc1ccc(OCCF)cc1C. The van der Waals surface area contributed by atoms with Crippen LogP contribution in [0.15, 0.2) is 18.2 Å². The van der Waals surface area contributed by atoms with E-state index in [1.54, 1.807) is 0 Å². The van der Waals surface area contributed by atoms with Gasteiger partial charge in [0.15, 0.2) is 0 Å². The number of halogens is 1. The number of benzene rings is 1. The molecule has 0 N–H and O–H groups in total. The molecule has 0 aliphatic rings. The number of ether oxygens (including phenoxy) is 1. The average Bonchev–Trinajstić information content (AvgIpc) is 2.23. The number of hydrogen-bond acceptors (Lipinski definition) is 1. The molecule has 0 unspecified atom stereocenters. The van der Waals surface area contributed by atoms with Crippen molar-refractivity contribution in [1.82, 2.24) is 0 Å². The van der Waals surface area contributed by atoms with Crippen molar-refractivity contribution in [2.24, 2.45) is 0 Å². The Bertz CT molecular complexity index is 258. The Balaban J connectivity index is 0.000000791. The standard InChI is InChI=1S/C10H13FO.C2H6/c1-8-3-4-10(7-9(8)2)12-6-5-11;1-2/h3-4,7H,5-6H2,1-2H3;1-2H3. The van der Waals surface area contributed by atoms with Gasteiger partial charge < -0.3 is 4.74 Å². The van der Waals surface area contributed by atoms with E-state index in [-0.39, 0.29) is 6.61 Å². The van der Waals surface area contributed by atoms with Crippen molar-refractivity contribution in [2.45, 2.75) is 27.7 Å². The van der Waals surface area contributed by atoms with Crippen LogP contribution >= 0.6 is 0 Å². The lowest BCUT2D eigenvalue weighted by molar-refractivity contribution is 0.273. The molecule has 0 bridgehead atoms. The van der Waals surface area contributed by atoms with Crippen molar-refractivity contribution >= 4 is 0 Å². The van der Waals surface area contributed by atoms with Gasteiger partial charge in [-0.2, -0.15) is 0 Å². The van der Waals surface area contributed by atoms with Crippen molar-refractivity contribution < 1.29 is 9.13 Å². The summed E-state index contributed by atoms with van der Waals surface area (Å²) in [5.74, 6) is 0.746. The maximum Gasteiger partial charge on any atom is 0.123 e. The van der Waals surface area contributed by atoms with Crippen molar-refractivity contribution in [1.29, 1.82) is 0 Å². The Kier molecular flexibility index (Phi) is 6.81. The molecule has 0 aliphatic carbocycles. The first-order valence-corrected chi connectivity index (χ1v) is 5.00. The third-order valence-electron chi connectivity index (χ3n) is 1.82. The highest BCUT2D eigenvalue weighted by atomic mass is 19.1. The summed E-state index contributed by atoms with van der Waals surface area (Å²) in [5, 5.41) is 0. The van der Waals surface area contributed by atoms with Gasteiger partial charge in [0.1, 0.15) is 19.0 Å². The van der Waals surface area contributed by atoms with Gasteiger partial charge in [-0.25, -0.2) is 4.39 Å². The second-order valence-corrected chi connectivity index (χ2v) is 2.78. The highest BCUT2D eigenvalue weighted by Gasteiger charge is 1.95. The first-order valence-electron chi connectivity index (χ1n) is 5.00.